The third-order valence-electron chi connectivity index (χ3n) is 2.93. The largest absolute Gasteiger partial charge is 0.0988 e. The van der Waals surface area contributed by atoms with Crippen LogP contribution in [0.15, 0.2) is 36.0 Å². The summed E-state index contributed by atoms with van der Waals surface area (Å²) in [6.07, 6.45) is 11.5. The van der Waals surface area contributed by atoms with Gasteiger partial charge in [-0.1, -0.05) is 38.2 Å². The molecule has 1 atom stereocenters. The minimum absolute atomic E-state index is 0.891. The Balaban J connectivity index is 2.78. The van der Waals surface area contributed by atoms with Crippen LogP contribution in [0, 0.1) is 5.92 Å². The molecule has 13 heavy (non-hydrogen) atoms. The third-order valence-corrected chi connectivity index (χ3v) is 2.93. The molecule has 0 spiro atoms. The van der Waals surface area contributed by atoms with Gasteiger partial charge in [-0.2, -0.15) is 0 Å². The Bertz CT molecular complexity index is 230. The Morgan fingerprint density at radius 3 is 2.77 bits per heavy atom. The summed E-state index contributed by atoms with van der Waals surface area (Å²) in [6, 6.07) is 0. The Kier molecular flexibility index (Phi) is 4.01. The average Bonchev–Trinajstić information content (AvgIpc) is 2.19. The fraction of sp³-hybridized carbons (Fsp3) is 0.538. The van der Waals surface area contributed by atoms with Crippen molar-refractivity contribution in [2.75, 3.05) is 0 Å². The predicted octanol–water partition coefficient (Wildman–Crippen LogP) is 4.26. The van der Waals surface area contributed by atoms with Crippen LogP contribution >= 0.6 is 0 Å². The van der Waals surface area contributed by atoms with E-state index >= 15 is 0 Å². The van der Waals surface area contributed by atoms with Crippen molar-refractivity contribution in [1.29, 1.82) is 0 Å². The first-order valence-corrected chi connectivity index (χ1v) is 5.29. The molecular formula is C13H20. The number of hydrogen-bond donors (Lipinski definition) is 0. The van der Waals surface area contributed by atoms with Gasteiger partial charge in [0, 0.05) is 0 Å². The second kappa shape index (κ2) is 5.06. The molecule has 1 aliphatic rings. The van der Waals surface area contributed by atoms with E-state index in [0.717, 1.165) is 5.92 Å². The summed E-state index contributed by atoms with van der Waals surface area (Å²) in [6.45, 7) is 8.26. The van der Waals surface area contributed by atoms with Crippen molar-refractivity contribution in [3.63, 3.8) is 0 Å². The van der Waals surface area contributed by atoms with Gasteiger partial charge in [0.05, 0.1) is 0 Å². The smallest absolute Gasteiger partial charge is 0.0248 e. The predicted molar refractivity (Wildman–Crippen MR) is 59.7 cm³/mol. The molecule has 1 unspecified atom stereocenters. The third kappa shape index (κ3) is 2.58. The molecule has 0 saturated carbocycles. The zero-order chi connectivity index (χ0) is 9.68. The van der Waals surface area contributed by atoms with Gasteiger partial charge in [-0.25, -0.2) is 0 Å². The minimum atomic E-state index is 0.891. The van der Waals surface area contributed by atoms with Crippen molar-refractivity contribution in [3.05, 3.63) is 36.0 Å². The van der Waals surface area contributed by atoms with Gasteiger partial charge in [-0.15, -0.1) is 0 Å². The summed E-state index contributed by atoms with van der Waals surface area (Å²) in [5.74, 6) is 0.891. The van der Waals surface area contributed by atoms with Crippen molar-refractivity contribution in [1.82, 2.24) is 0 Å². The highest BCUT2D eigenvalue weighted by atomic mass is 14.2. The lowest BCUT2D eigenvalue weighted by Crippen LogP contribution is -2.07. The van der Waals surface area contributed by atoms with Crippen LogP contribution in [0.1, 0.15) is 39.5 Å². The lowest BCUT2D eigenvalue weighted by Gasteiger charge is -2.23. The van der Waals surface area contributed by atoms with Gasteiger partial charge in [0.15, 0.2) is 0 Å². The van der Waals surface area contributed by atoms with Crippen molar-refractivity contribution in [2.45, 2.75) is 39.5 Å². The zero-order valence-electron chi connectivity index (χ0n) is 8.84. The van der Waals surface area contributed by atoms with Gasteiger partial charge in [0.1, 0.15) is 0 Å². The van der Waals surface area contributed by atoms with Crippen LogP contribution in [0.2, 0.25) is 0 Å². The SMILES string of the molecule is C=CC1=C(/C=C\C)CCC(CC)C1. The zero-order valence-corrected chi connectivity index (χ0v) is 8.84. The lowest BCUT2D eigenvalue weighted by molar-refractivity contribution is 0.449. The van der Waals surface area contributed by atoms with E-state index in [1.165, 1.54) is 36.8 Å². The fourth-order valence-corrected chi connectivity index (χ4v) is 2.02. The molecule has 0 heterocycles. The molecule has 0 aliphatic heterocycles. The van der Waals surface area contributed by atoms with Gasteiger partial charge in [0.25, 0.3) is 0 Å². The maximum atomic E-state index is 3.89. The molecule has 0 N–H and O–H groups in total. The number of allylic oxidation sites excluding steroid dienone is 5. The van der Waals surface area contributed by atoms with E-state index in [-0.39, 0.29) is 0 Å². The van der Waals surface area contributed by atoms with Crippen LogP contribution in [0.3, 0.4) is 0 Å². The molecule has 0 aromatic heterocycles. The van der Waals surface area contributed by atoms with Crippen LogP contribution in [0.4, 0.5) is 0 Å². The first-order valence-electron chi connectivity index (χ1n) is 5.29. The van der Waals surface area contributed by atoms with Crippen LogP contribution < -0.4 is 0 Å². The first kappa shape index (κ1) is 10.3. The molecule has 1 aliphatic carbocycles. The monoisotopic (exact) mass is 176 g/mol. The van der Waals surface area contributed by atoms with Crippen molar-refractivity contribution >= 4 is 0 Å². The highest BCUT2D eigenvalue weighted by Gasteiger charge is 2.16. The molecule has 72 valence electrons. The van der Waals surface area contributed by atoms with Gasteiger partial charge < -0.3 is 0 Å². The van der Waals surface area contributed by atoms with E-state index in [2.05, 4.69) is 32.6 Å². The topological polar surface area (TPSA) is 0 Å². The minimum Gasteiger partial charge on any atom is -0.0988 e. The van der Waals surface area contributed by atoms with Crippen molar-refractivity contribution < 1.29 is 0 Å². The summed E-state index contributed by atoms with van der Waals surface area (Å²) < 4.78 is 0. The van der Waals surface area contributed by atoms with Crippen LogP contribution in [-0.2, 0) is 0 Å². The Morgan fingerprint density at radius 1 is 1.46 bits per heavy atom. The maximum absolute atomic E-state index is 3.89. The lowest BCUT2D eigenvalue weighted by atomic mass is 9.82. The summed E-state index contributed by atoms with van der Waals surface area (Å²) >= 11 is 0. The molecule has 0 aromatic carbocycles. The van der Waals surface area contributed by atoms with E-state index in [4.69, 9.17) is 0 Å². The molecular weight excluding hydrogens is 156 g/mol. The van der Waals surface area contributed by atoms with E-state index < -0.39 is 0 Å². The van der Waals surface area contributed by atoms with Crippen LogP contribution in [0.25, 0.3) is 0 Å². The normalized spacial score (nSPS) is 24.0. The second-order valence-corrected chi connectivity index (χ2v) is 3.77. The highest BCUT2D eigenvalue weighted by Crippen LogP contribution is 2.32. The fourth-order valence-electron chi connectivity index (χ4n) is 2.02. The van der Waals surface area contributed by atoms with E-state index in [1.54, 1.807) is 0 Å². The molecule has 0 amide bonds. The molecule has 0 aromatic rings. The van der Waals surface area contributed by atoms with E-state index in [1.807, 2.05) is 6.08 Å². The average molecular weight is 176 g/mol. The van der Waals surface area contributed by atoms with Gasteiger partial charge in [-0.3, -0.25) is 0 Å². The number of rotatable bonds is 3. The Morgan fingerprint density at radius 2 is 2.23 bits per heavy atom. The first-order chi connectivity index (χ1) is 6.31. The van der Waals surface area contributed by atoms with Crippen LogP contribution in [-0.4, -0.2) is 0 Å². The maximum Gasteiger partial charge on any atom is -0.0248 e. The van der Waals surface area contributed by atoms with Gasteiger partial charge in [-0.05, 0) is 43.3 Å². The second-order valence-electron chi connectivity index (χ2n) is 3.77. The number of hydrogen-bond acceptors (Lipinski definition) is 0. The molecule has 0 heteroatoms. The summed E-state index contributed by atoms with van der Waals surface area (Å²) in [5.41, 5.74) is 2.97. The summed E-state index contributed by atoms with van der Waals surface area (Å²) in [4.78, 5) is 0. The van der Waals surface area contributed by atoms with Gasteiger partial charge in [0.2, 0.25) is 0 Å². The van der Waals surface area contributed by atoms with Crippen LogP contribution in [0.5, 0.6) is 0 Å². The van der Waals surface area contributed by atoms with E-state index in [0.29, 0.717) is 0 Å². The van der Waals surface area contributed by atoms with Crippen molar-refractivity contribution in [2.24, 2.45) is 5.92 Å². The van der Waals surface area contributed by atoms with E-state index in [9.17, 15) is 0 Å². The molecule has 0 saturated heterocycles. The summed E-state index contributed by atoms with van der Waals surface area (Å²) in [5, 5.41) is 0. The van der Waals surface area contributed by atoms with Gasteiger partial charge >= 0.3 is 0 Å². The quantitative estimate of drug-likeness (QED) is 0.603. The standard InChI is InChI=1S/C13H20/c1-4-7-13-9-8-11(5-2)10-12(13)6-3/h4,6-7,11H,3,5,8-10H2,1-2H3/b7-4-. The van der Waals surface area contributed by atoms with Crippen molar-refractivity contribution in [3.8, 4) is 0 Å². The molecule has 0 bridgehead atoms. The highest BCUT2D eigenvalue weighted by molar-refractivity contribution is 5.34. The Hall–Kier alpha value is -0.780. The Labute approximate surface area is 82.0 Å². The molecule has 0 nitrogen and oxygen atoms in total. The summed E-state index contributed by atoms with van der Waals surface area (Å²) in [7, 11) is 0. The molecule has 0 fully saturated rings. The molecule has 1 rings (SSSR count). The molecule has 0 radical (unpaired) electrons.